The smallest absolute Gasteiger partial charge is 0.126 e. The molecule has 0 aromatic heterocycles. The normalized spacial score (nSPS) is 10.8. The highest BCUT2D eigenvalue weighted by Crippen LogP contribution is 2.26. The lowest BCUT2D eigenvalue weighted by atomic mass is 10.1. The van der Waals surface area contributed by atoms with Crippen LogP contribution in [0.5, 0.6) is 5.75 Å². The van der Waals surface area contributed by atoms with E-state index in [0.717, 1.165) is 22.4 Å². The van der Waals surface area contributed by atoms with E-state index in [-0.39, 0.29) is 5.82 Å². The first kappa shape index (κ1) is 19.7. The van der Waals surface area contributed by atoms with E-state index in [2.05, 4.69) is 5.32 Å². The fourth-order valence-electron chi connectivity index (χ4n) is 2.69. The van der Waals surface area contributed by atoms with Gasteiger partial charge in [-0.05, 0) is 54.4 Å². The molecular weight excluding hydrogens is 384 g/mol. The summed E-state index contributed by atoms with van der Waals surface area (Å²) >= 11 is 12.3. The maximum Gasteiger partial charge on any atom is 0.126 e. The van der Waals surface area contributed by atoms with Crippen molar-refractivity contribution in [3.63, 3.8) is 0 Å². The van der Waals surface area contributed by atoms with Crippen LogP contribution in [0.4, 0.5) is 4.39 Å². The van der Waals surface area contributed by atoms with Crippen molar-refractivity contribution in [2.75, 3.05) is 6.54 Å². The van der Waals surface area contributed by atoms with Gasteiger partial charge in [0, 0.05) is 22.2 Å². The Morgan fingerprint density at radius 3 is 2.26 bits per heavy atom. The SMILES string of the molecule is Fc1ccccc1CCNCc1ccc(OCc2c(Cl)cccc2Cl)cc1. The van der Waals surface area contributed by atoms with Gasteiger partial charge in [0.25, 0.3) is 0 Å². The predicted molar refractivity (Wildman–Crippen MR) is 109 cm³/mol. The number of hydrogen-bond donors (Lipinski definition) is 1. The lowest BCUT2D eigenvalue weighted by molar-refractivity contribution is 0.306. The second-order valence-corrected chi connectivity index (χ2v) is 6.97. The van der Waals surface area contributed by atoms with E-state index < -0.39 is 0 Å². The molecule has 1 N–H and O–H groups in total. The van der Waals surface area contributed by atoms with Crippen molar-refractivity contribution in [1.82, 2.24) is 5.32 Å². The summed E-state index contributed by atoms with van der Waals surface area (Å²) in [5, 5.41) is 4.52. The minimum atomic E-state index is -0.153. The summed E-state index contributed by atoms with van der Waals surface area (Å²) in [4.78, 5) is 0. The molecule has 0 atom stereocenters. The Kier molecular flexibility index (Phi) is 7.11. The Labute approximate surface area is 168 Å². The van der Waals surface area contributed by atoms with E-state index >= 15 is 0 Å². The summed E-state index contributed by atoms with van der Waals surface area (Å²) in [6.07, 6.45) is 0.659. The maximum atomic E-state index is 13.6. The van der Waals surface area contributed by atoms with Crippen LogP contribution >= 0.6 is 23.2 Å². The molecule has 3 rings (SSSR count). The van der Waals surface area contributed by atoms with Crippen molar-refractivity contribution in [2.24, 2.45) is 0 Å². The zero-order valence-corrected chi connectivity index (χ0v) is 16.2. The Morgan fingerprint density at radius 1 is 0.852 bits per heavy atom. The molecule has 0 saturated heterocycles. The second-order valence-electron chi connectivity index (χ2n) is 6.15. The molecule has 0 bridgehead atoms. The lowest BCUT2D eigenvalue weighted by Crippen LogP contribution is -2.17. The Hall–Kier alpha value is -2.07. The quantitative estimate of drug-likeness (QED) is 0.462. The Balaban J connectivity index is 1.45. The Morgan fingerprint density at radius 2 is 1.56 bits per heavy atom. The molecular formula is C22H20Cl2FNO. The van der Waals surface area contributed by atoms with E-state index in [1.165, 1.54) is 6.07 Å². The van der Waals surface area contributed by atoms with Crippen LogP contribution in [0.1, 0.15) is 16.7 Å². The largest absolute Gasteiger partial charge is 0.489 e. The summed E-state index contributed by atoms with van der Waals surface area (Å²) in [5.41, 5.74) is 2.64. The highest BCUT2D eigenvalue weighted by molar-refractivity contribution is 6.35. The molecule has 0 aliphatic carbocycles. The summed E-state index contributed by atoms with van der Waals surface area (Å²) in [7, 11) is 0. The molecule has 3 aromatic carbocycles. The summed E-state index contributed by atoms with van der Waals surface area (Å²) in [6.45, 7) is 1.74. The first-order valence-electron chi connectivity index (χ1n) is 8.72. The molecule has 5 heteroatoms. The van der Waals surface area contributed by atoms with Gasteiger partial charge in [-0.1, -0.05) is 59.6 Å². The monoisotopic (exact) mass is 403 g/mol. The molecule has 0 heterocycles. The van der Waals surface area contributed by atoms with Crippen LogP contribution in [0.2, 0.25) is 10.0 Å². The van der Waals surface area contributed by atoms with Gasteiger partial charge in [-0.2, -0.15) is 0 Å². The minimum Gasteiger partial charge on any atom is -0.489 e. The van der Waals surface area contributed by atoms with Crippen LogP contribution in [0, 0.1) is 5.82 Å². The number of rotatable bonds is 8. The van der Waals surface area contributed by atoms with Crippen molar-refractivity contribution in [1.29, 1.82) is 0 Å². The van der Waals surface area contributed by atoms with Crippen LogP contribution in [-0.2, 0) is 19.6 Å². The number of hydrogen-bond acceptors (Lipinski definition) is 2. The van der Waals surface area contributed by atoms with Gasteiger partial charge in [-0.3, -0.25) is 0 Å². The van der Waals surface area contributed by atoms with Gasteiger partial charge in [-0.25, -0.2) is 4.39 Å². The number of benzene rings is 3. The summed E-state index contributed by atoms with van der Waals surface area (Å²) in [5.74, 6) is 0.598. The highest BCUT2D eigenvalue weighted by Gasteiger charge is 2.06. The molecule has 0 aliphatic rings. The van der Waals surface area contributed by atoms with Gasteiger partial charge in [0.2, 0.25) is 0 Å². The molecule has 0 fully saturated rings. The van der Waals surface area contributed by atoms with Crippen LogP contribution in [0.25, 0.3) is 0 Å². The number of nitrogens with one attached hydrogen (secondary N) is 1. The van der Waals surface area contributed by atoms with Crippen molar-refractivity contribution < 1.29 is 9.13 Å². The van der Waals surface area contributed by atoms with E-state index in [1.54, 1.807) is 18.2 Å². The first-order valence-corrected chi connectivity index (χ1v) is 9.48. The van der Waals surface area contributed by atoms with E-state index in [4.69, 9.17) is 27.9 Å². The third-order valence-corrected chi connectivity index (χ3v) is 4.93. The average molecular weight is 404 g/mol. The van der Waals surface area contributed by atoms with Crippen LogP contribution in [-0.4, -0.2) is 6.54 Å². The van der Waals surface area contributed by atoms with Crippen molar-refractivity contribution >= 4 is 23.2 Å². The summed E-state index contributed by atoms with van der Waals surface area (Å²) in [6, 6.07) is 20.1. The molecule has 0 saturated carbocycles. The molecule has 27 heavy (non-hydrogen) atoms. The maximum absolute atomic E-state index is 13.6. The average Bonchev–Trinajstić information content (AvgIpc) is 2.67. The van der Waals surface area contributed by atoms with Gasteiger partial charge in [0.15, 0.2) is 0 Å². The fraction of sp³-hybridized carbons (Fsp3) is 0.182. The highest BCUT2D eigenvalue weighted by atomic mass is 35.5. The van der Waals surface area contributed by atoms with Gasteiger partial charge >= 0.3 is 0 Å². The van der Waals surface area contributed by atoms with E-state index in [9.17, 15) is 4.39 Å². The number of halogens is 3. The van der Waals surface area contributed by atoms with E-state index in [0.29, 0.717) is 36.2 Å². The van der Waals surface area contributed by atoms with Crippen molar-refractivity contribution in [3.8, 4) is 5.75 Å². The van der Waals surface area contributed by atoms with Crippen molar-refractivity contribution in [3.05, 3.63) is 99.3 Å². The zero-order valence-electron chi connectivity index (χ0n) is 14.7. The minimum absolute atomic E-state index is 0.153. The van der Waals surface area contributed by atoms with Gasteiger partial charge in [0.05, 0.1) is 0 Å². The third kappa shape index (κ3) is 5.70. The van der Waals surface area contributed by atoms with Crippen LogP contribution in [0.3, 0.4) is 0 Å². The number of ether oxygens (including phenoxy) is 1. The third-order valence-electron chi connectivity index (χ3n) is 4.23. The molecule has 0 spiro atoms. The molecule has 140 valence electrons. The molecule has 0 aliphatic heterocycles. The Bertz CT molecular complexity index is 863. The molecule has 0 amide bonds. The molecule has 0 radical (unpaired) electrons. The predicted octanol–water partition coefficient (Wildman–Crippen LogP) is 6.04. The van der Waals surface area contributed by atoms with Crippen molar-refractivity contribution in [2.45, 2.75) is 19.6 Å². The fourth-order valence-corrected chi connectivity index (χ4v) is 3.19. The summed E-state index contributed by atoms with van der Waals surface area (Å²) < 4.78 is 19.3. The lowest BCUT2D eigenvalue weighted by Gasteiger charge is -2.10. The molecule has 0 unspecified atom stereocenters. The first-order chi connectivity index (χ1) is 13.1. The molecule has 3 aromatic rings. The second kappa shape index (κ2) is 9.75. The standard InChI is InChI=1S/C22H20Cl2FNO/c23-20-5-3-6-21(24)19(20)15-27-18-10-8-16(9-11-18)14-26-13-12-17-4-1-2-7-22(17)25/h1-11,26H,12-15H2. The van der Waals surface area contributed by atoms with Gasteiger partial charge in [-0.15, -0.1) is 0 Å². The van der Waals surface area contributed by atoms with Gasteiger partial charge in [0.1, 0.15) is 18.2 Å². The topological polar surface area (TPSA) is 21.3 Å². The molecule has 2 nitrogen and oxygen atoms in total. The van der Waals surface area contributed by atoms with Crippen LogP contribution in [0.15, 0.2) is 66.7 Å². The zero-order chi connectivity index (χ0) is 19.1. The van der Waals surface area contributed by atoms with E-state index in [1.807, 2.05) is 42.5 Å². The van der Waals surface area contributed by atoms with Crippen LogP contribution < -0.4 is 10.1 Å². The van der Waals surface area contributed by atoms with Gasteiger partial charge < -0.3 is 10.1 Å².